The molecule has 4 aromatic carbocycles. The summed E-state index contributed by atoms with van der Waals surface area (Å²) in [5.41, 5.74) is 10.00. The van der Waals surface area contributed by atoms with Crippen LogP contribution in [0.3, 0.4) is 0 Å². The SMILES string of the molecule is CC1=Cc2c(-c3ccc(F)cc3)cccc2[CH]1[Zr]([Cl])([Cl])([CH]1C(C)=Cc2c(-c3ccc(F)cc3)cccc21)=[Si](C)C. The first kappa shape index (κ1) is 28.0. The Labute approximate surface area is 243 Å². The normalized spacial score (nSPS) is 18.2. The van der Waals surface area contributed by atoms with Gasteiger partial charge in [-0.25, -0.2) is 0 Å². The van der Waals surface area contributed by atoms with Crippen LogP contribution in [0.15, 0.2) is 96.1 Å². The maximum atomic E-state index is 13.7. The second-order valence-electron chi connectivity index (χ2n) is 11.4. The molecule has 2 unspecified atom stereocenters. The van der Waals surface area contributed by atoms with Gasteiger partial charge in [-0.15, -0.1) is 0 Å². The Kier molecular flexibility index (Phi) is 7.02. The van der Waals surface area contributed by atoms with Crippen LogP contribution in [0.25, 0.3) is 34.4 Å². The summed E-state index contributed by atoms with van der Waals surface area (Å²) < 4.78 is 27.4. The van der Waals surface area contributed by atoms with Gasteiger partial charge >= 0.3 is 245 Å². The molecule has 0 bridgehead atoms. The van der Waals surface area contributed by atoms with Gasteiger partial charge in [-0.05, 0) is 0 Å². The van der Waals surface area contributed by atoms with E-state index in [9.17, 15) is 8.78 Å². The molecule has 4 aromatic rings. The Hall–Kier alpha value is -2.10. The minimum atomic E-state index is -4.81. The van der Waals surface area contributed by atoms with Gasteiger partial charge < -0.3 is 0 Å². The second-order valence-corrected chi connectivity index (χ2v) is 50.2. The second kappa shape index (κ2) is 10.0. The van der Waals surface area contributed by atoms with Gasteiger partial charge in [0.1, 0.15) is 0 Å². The molecule has 0 radical (unpaired) electrons. The van der Waals surface area contributed by atoms with Crippen LogP contribution in [0.2, 0.25) is 13.1 Å². The first-order valence-corrected chi connectivity index (χ1v) is 28.9. The molecule has 2 aliphatic carbocycles. The number of rotatable bonds is 4. The van der Waals surface area contributed by atoms with Crippen LogP contribution < -0.4 is 0 Å². The van der Waals surface area contributed by atoms with Gasteiger partial charge in [-0.3, -0.25) is 0 Å². The van der Waals surface area contributed by atoms with E-state index in [1.54, 1.807) is 0 Å². The molecule has 202 valence electrons. The molecule has 0 saturated heterocycles. The molecule has 0 saturated carbocycles. The van der Waals surface area contributed by atoms with Crippen molar-refractivity contribution in [2.45, 2.75) is 34.2 Å². The quantitative estimate of drug-likeness (QED) is 0.190. The number of allylic oxidation sites excluding steroid dienone is 2. The van der Waals surface area contributed by atoms with Crippen molar-refractivity contribution in [2.75, 3.05) is 0 Å². The molecule has 0 amide bonds. The number of halogens is 4. The zero-order valence-electron chi connectivity index (χ0n) is 22.9. The molecule has 0 aromatic heterocycles. The molecule has 40 heavy (non-hydrogen) atoms. The van der Waals surface area contributed by atoms with E-state index < -0.39 is 20.4 Å². The van der Waals surface area contributed by atoms with E-state index in [0.717, 1.165) is 33.4 Å². The van der Waals surface area contributed by atoms with Gasteiger partial charge in [-0.1, -0.05) is 0 Å². The molecule has 0 aliphatic heterocycles. The molecule has 6 rings (SSSR count). The molecule has 6 heteroatoms. The Bertz CT molecular complexity index is 1690. The predicted octanol–water partition coefficient (Wildman–Crippen LogP) is 11.2. The van der Waals surface area contributed by atoms with Crippen molar-refractivity contribution in [2.24, 2.45) is 0 Å². The summed E-state index contributed by atoms with van der Waals surface area (Å²) in [6, 6.07) is 26.1. The van der Waals surface area contributed by atoms with Crippen LogP contribution in [0.4, 0.5) is 8.78 Å². The third-order valence-corrected chi connectivity index (χ3v) is 55.8. The summed E-state index contributed by atoms with van der Waals surface area (Å²) in [6.07, 6.45) is 4.51. The number of fused-ring (bicyclic) bond motifs is 2. The monoisotopic (exact) mass is 664 g/mol. The maximum absolute atomic E-state index is 13.7. The van der Waals surface area contributed by atoms with Gasteiger partial charge in [0.2, 0.25) is 0 Å². The summed E-state index contributed by atoms with van der Waals surface area (Å²) in [4.78, 5) is 0. The first-order chi connectivity index (χ1) is 19.0. The van der Waals surface area contributed by atoms with E-state index in [1.807, 2.05) is 24.3 Å². The summed E-state index contributed by atoms with van der Waals surface area (Å²) in [7, 11) is 16.5. The van der Waals surface area contributed by atoms with E-state index >= 15 is 0 Å². The third kappa shape index (κ3) is 4.21. The van der Waals surface area contributed by atoms with Crippen LogP contribution in [-0.4, -0.2) is 5.43 Å². The molecule has 2 atom stereocenters. The van der Waals surface area contributed by atoms with Crippen molar-refractivity contribution < 1.29 is 23.8 Å². The van der Waals surface area contributed by atoms with Crippen LogP contribution in [0.1, 0.15) is 43.4 Å². The molecule has 0 fully saturated rings. The van der Waals surface area contributed by atoms with Crippen molar-refractivity contribution >= 4 is 34.6 Å². The Balaban J connectivity index is 1.56. The molecule has 0 nitrogen and oxygen atoms in total. The summed E-state index contributed by atoms with van der Waals surface area (Å²) in [5, 5.41) is 0. The zero-order valence-corrected chi connectivity index (χ0v) is 27.9. The topological polar surface area (TPSA) is 0 Å². The summed E-state index contributed by atoms with van der Waals surface area (Å²) in [6.45, 7) is 8.93. The van der Waals surface area contributed by atoms with Crippen molar-refractivity contribution in [1.29, 1.82) is 0 Å². The first-order valence-electron chi connectivity index (χ1n) is 13.5. The van der Waals surface area contributed by atoms with Crippen molar-refractivity contribution in [3.05, 3.63) is 130 Å². The van der Waals surface area contributed by atoms with E-state index in [-0.39, 0.29) is 18.9 Å². The Morgan fingerprint density at radius 2 is 0.975 bits per heavy atom. The van der Waals surface area contributed by atoms with Crippen molar-refractivity contribution in [3.8, 4) is 22.3 Å². The van der Waals surface area contributed by atoms with Crippen molar-refractivity contribution in [1.82, 2.24) is 0 Å². The van der Waals surface area contributed by atoms with Crippen LogP contribution in [0.5, 0.6) is 0 Å². The van der Waals surface area contributed by atoms with E-state index in [4.69, 9.17) is 17.0 Å². The Morgan fingerprint density at radius 3 is 1.32 bits per heavy atom. The van der Waals surface area contributed by atoms with Crippen LogP contribution >= 0.6 is 17.0 Å². The van der Waals surface area contributed by atoms with E-state index in [1.165, 1.54) is 46.5 Å². The molecule has 0 N–H and O–H groups in total. The predicted molar refractivity (Wildman–Crippen MR) is 166 cm³/mol. The molecule has 2 aliphatic rings. The average Bonchev–Trinajstić information content (AvgIpc) is 3.46. The fourth-order valence-corrected chi connectivity index (χ4v) is 37.4. The summed E-state index contributed by atoms with van der Waals surface area (Å²) in [5.74, 6) is -0.495. The van der Waals surface area contributed by atoms with E-state index in [2.05, 4.69) is 75.5 Å². The summed E-state index contributed by atoms with van der Waals surface area (Å²) >= 11 is -4.81. The van der Waals surface area contributed by atoms with Gasteiger partial charge in [-0.2, -0.15) is 0 Å². The van der Waals surface area contributed by atoms with E-state index in [0.29, 0.717) is 0 Å². The number of hydrogen-bond acceptors (Lipinski definition) is 0. The van der Waals surface area contributed by atoms with Gasteiger partial charge in [0.15, 0.2) is 0 Å². The zero-order chi connectivity index (χ0) is 28.4. The van der Waals surface area contributed by atoms with Gasteiger partial charge in [0.25, 0.3) is 0 Å². The fraction of sp³-hybridized carbons (Fsp3) is 0.176. The standard InChI is InChI=1S/2C16H12F.C2H6Si.2ClH.Zr/c2*1-11-9-13-3-2-4-15(16(13)10-11)12-5-7-14(17)8-6-12;1-3-2;;;/h2*2-10H,1H3;1-2H3;2*1H;/q;;;;;+2/p-2. The number of hydrogen-bond donors (Lipinski definition) is 0. The fourth-order valence-electron chi connectivity index (χ4n) is 7.02. The minimum absolute atomic E-state index is 0.0298. The average molecular weight is 667 g/mol. The van der Waals surface area contributed by atoms with Gasteiger partial charge in [0, 0.05) is 0 Å². The molecular formula is C34H30Cl2F2SiZr. The van der Waals surface area contributed by atoms with Gasteiger partial charge in [0.05, 0.1) is 0 Å². The molecule has 0 spiro atoms. The molecular weight excluding hydrogens is 637 g/mol. The number of benzene rings is 4. The molecule has 0 heterocycles. The third-order valence-electron chi connectivity index (χ3n) is 8.88. The Morgan fingerprint density at radius 1 is 0.600 bits per heavy atom. The van der Waals surface area contributed by atoms with Crippen LogP contribution in [-0.2, 0) is 15.0 Å². The van der Waals surface area contributed by atoms with Crippen molar-refractivity contribution in [3.63, 3.8) is 0 Å². The van der Waals surface area contributed by atoms with Crippen LogP contribution in [0, 0.1) is 11.6 Å².